The van der Waals surface area contributed by atoms with Gasteiger partial charge in [0.2, 0.25) is 5.95 Å². The number of fused-ring (bicyclic) bond motifs is 1. The Bertz CT molecular complexity index is 1240. The summed E-state index contributed by atoms with van der Waals surface area (Å²) in [5.74, 6) is 0.360. The fraction of sp³-hybridized carbons (Fsp3) is 0.318. The Hall–Kier alpha value is -3.20. The van der Waals surface area contributed by atoms with Gasteiger partial charge in [-0.15, -0.1) is 11.3 Å². The summed E-state index contributed by atoms with van der Waals surface area (Å²) in [6.07, 6.45) is 3.45. The minimum atomic E-state index is -0.320. The number of piperidine rings is 1. The smallest absolute Gasteiger partial charge is 0.271 e. The quantitative estimate of drug-likeness (QED) is 0.487. The zero-order valence-corrected chi connectivity index (χ0v) is 18.2. The van der Waals surface area contributed by atoms with Crippen LogP contribution in [0.2, 0.25) is 0 Å². The van der Waals surface area contributed by atoms with Gasteiger partial charge in [-0.3, -0.25) is 14.3 Å². The van der Waals surface area contributed by atoms with Gasteiger partial charge in [-0.1, -0.05) is 12.1 Å². The number of aromatic nitrogens is 4. The number of carbonyl (C=O) groups is 1. The number of hydrogen-bond acceptors (Lipinski definition) is 5. The Balaban J connectivity index is 1.50. The molecule has 0 radical (unpaired) electrons. The number of amides is 1. The van der Waals surface area contributed by atoms with E-state index < -0.39 is 0 Å². The molecule has 0 aliphatic carbocycles. The fourth-order valence-electron chi connectivity index (χ4n) is 4.17. The van der Waals surface area contributed by atoms with Crippen LogP contribution < -0.4 is 5.32 Å². The van der Waals surface area contributed by atoms with Crippen molar-refractivity contribution in [3.63, 3.8) is 0 Å². The Labute approximate surface area is 182 Å². The standard InChI is InChI=1S/C22H23FN6OS/c1-13-14(2)31-21-19(26-22(29(13)21)25-17-8-4-3-7-16(17)23)15-6-5-11-28(12-15)20(30)18-9-10-24-27-18/h3-4,7-10,15H,5-6,11-12H2,1-2H3,(H,24,27)(H,25,26). The highest BCUT2D eigenvalue weighted by Gasteiger charge is 2.30. The van der Waals surface area contributed by atoms with E-state index >= 15 is 0 Å². The van der Waals surface area contributed by atoms with Crippen molar-refractivity contribution >= 4 is 33.7 Å². The molecule has 1 atom stereocenters. The maximum atomic E-state index is 14.3. The van der Waals surface area contributed by atoms with E-state index in [-0.39, 0.29) is 17.6 Å². The summed E-state index contributed by atoms with van der Waals surface area (Å²) in [7, 11) is 0. The number of H-pyrrole nitrogens is 1. The number of benzene rings is 1. The molecule has 1 aliphatic rings. The molecule has 0 spiro atoms. The first-order valence-electron chi connectivity index (χ1n) is 10.3. The third kappa shape index (κ3) is 3.48. The van der Waals surface area contributed by atoms with Crippen LogP contribution in [0.3, 0.4) is 0 Å². The van der Waals surface area contributed by atoms with Crippen molar-refractivity contribution in [2.45, 2.75) is 32.6 Å². The molecular weight excluding hydrogens is 415 g/mol. The molecule has 3 aromatic heterocycles. The number of carbonyl (C=O) groups excluding carboxylic acids is 1. The zero-order valence-electron chi connectivity index (χ0n) is 17.4. The molecule has 160 valence electrons. The Morgan fingerprint density at radius 3 is 2.90 bits per heavy atom. The van der Waals surface area contributed by atoms with Gasteiger partial charge in [0.25, 0.3) is 5.91 Å². The molecular formula is C22H23FN6OS. The van der Waals surface area contributed by atoms with Crippen LogP contribution in [0.5, 0.6) is 0 Å². The van der Waals surface area contributed by atoms with Crippen molar-refractivity contribution in [2.75, 3.05) is 18.4 Å². The van der Waals surface area contributed by atoms with Crippen molar-refractivity contribution in [3.8, 4) is 0 Å². The molecule has 7 nitrogen and oxygen atoms in total. The monoisotopic (exact) mass is 438 g/mol. The van der Waals surface area contributed by atoms with Crippen LogP contribution in [-0.4, -0.2) is 43.5 Å². The summed E-state index contributed by atoms with van der Waals surface area (Å²) in [6, 6.07) is 8.29. The molecule has 4 aromatic rings. The third-order valence-electron chi connectivity index (χ3n) is 5.90. The molecule has 1 saturated heterocycles. The van der Waals surface area contributed by atoms with E-state index in [0.717, 1.165) is 29.1 Å². The third-order valence-corrected chi connectivity index (χ3v) is 7.09. The average Bonchev–Trinajstić information content (AvgIpc) is 3.49. The molecule has 1 aromatic carbocycles. The fourth-order valence-corrected chi connectivity index (χ4v) is 5.33. The number of likely N-dealkylation sites (tertiary alicyclic amines) is 1. The van der Waals surface area contributed by atoms with Crippen molar-refractivity contribution < 1.29 is 9.18 Å². The van der Waals surface area contributed by atoms with E-state index in [2.05, 4.69) is 26.8 Å². The molecule has 5 rings (SSSR count). The second-order valence-electron chi connectivity index (χ2n) is 7.87. The predicted octanol–water partition coefficient (Wildman–Crippen LogP) is 4.64. The Kier molecular flexibility index (Phi) is 4.97. The van der Waals surface area contributed by atoms with E-state index in [1.165, 1.54) is 10.9 Å². The number of rotatable bonds is 4. The highest BCUT2D eigenvalue weighted by atomic mass is 32.1. The minimum absolute atomic E-state index is 0.0408. The normalized spacial score (nSPS) is 16.7. The number of anilines is 2. The first kappa shape index (κ1) is 19.7. The van der Waals surface area contributed by atoms with Gasteiger partial charge < -0.3 is 10.2 Å². The Morgan fingerprint density at radius 1 is 1.29 bits per heavy atom. The lowest BCUT2D eigenvalue weighted by Crippen LogP contribution is -2.39. The number of imidazole rings is 1. The van der Waals surface area contributed by atoms with Crippen LogP contribution in [-0.2, 0) is 0 Å². The molecule has 31 heavy (non-hydrogen) atoms. The van der Waals surface area contributed by atoms with Crippen LogP contribution >= 0.6 is 11.3 Å². The van der Waals surface area contributed by atoms with E-state index in [9.17, 15) is 9.18 Å². The second-order valence-corrected chi connectivity index (χ2v) is 9.07. The second kappa shape index (κ2) is 7.81. The van der Waals surface area contributed by atoms with Crippen LogP contribution in [0.15, 0.2) is 36.5 Å². The summed E-state index contributed by atoms with van der Waals surface area (Å²) < 4.78 is 16.3. The van der Waals surface area contributed by atoms with Gasteiger partial charge in [0.15, 0.2) is 0 Å². The van der Waals surface area contributed by atoms with E-state index in [4.69, 9.17) is 4.98 Å². The van der Waals surface area contributed by atoms with Gasteiger partial charge >= 0.3 is 0 Å². The zero-order chi connectivity index (χ0) is 21.5. The molecule has 0 saturated carbocycles. The van der Waals surface area contributed by atoms with Gasteiger partial charge in [-0.2, -0.15) is 5.10 Å². The van der Waals surface area contributed by atoms with Gasteiger partial charge in [0.05, 0.1) is 11.4 Å². The van der Waals surface area contributed by atoms with Crippen LogP contribution in [0, 0.1) is 19.7 Å². The van der Waals surface area contributed by atoms with Crippen LogP contribution in [0.4, 0.5) is 16.0 Å². The van der Waals surface area contributed by atoms with Crippen LogP contribution in [0.1, 0.15) is 45.5 Å². The average molecular weight is 439 g/mol. The number of para-hydroxylation sites is 1. The molecule has 1 amide bonds. The summed E-state index contributed by atoms with van der Waals surface area (Å²) >= 11 is 1.69. The number of nitrogens with one attached hydrogen (secondary N) is 2. The van der Waals surface area contributed by atoms with Gasteiger partial charge in [0, 0.05) is 35.8 Å². The number of hydrogen-bond donors (Lipinski definition) is 2. The number of nitrogens with zero attached hydrogens (tertiary/aromatic N) is 4. The first-order chi connectivity index (χ1) is 15.0. The first-order valence-corrected chi connectivity index (χ1v) is 11.1. The summed E-state index contributed by atoms with van der Waals surface area (Å²) in [5.41, 5.74) is 2.94. The summed E-state index contributed by atoms with van der Waals surface area (Å²) in [4.78, 5) is 21.8. The highest BCUT2D eigenvalue weighted by Crippen LogP contribution is 2.37. The summed E-state index contributed by atoms with van der Waals surface area (Å²) in [5, 5.41) is 9.83. The van der Waals surface area contributed by atoms with E-state index in [1.54, 1.807) is 41.8 Å². The molecule has 9 heteroatoms. The van der Waals surface area contributed by atoms with Gasteiger partial charge in [0.1, 0.15) is 16.3 Å². The predicted molar refractivity (Wildman–Crippen MR) is 119 cm³/mol. The molecule has 1 aliphatic heterocycles. The molecule has 0 bridgehead atoms. The van der Waals surface area contributed by atoms with E-state index in [1.807, 2.05) is 11.8 Å². The molecule has 1 fully saturated rings. The van der Waals surface area contributed by atoms with Gasteiger partial charge in [-0.05, 0) is 44.9 Å². The number of aryl methyl sites for hydroxylation is 2. The molecule has 1 unspecified atom stereocenters. The van der Waals surface area contributed by atoms with Crippen molar-refractivity contribution in [1.29, 1.82) is 0 Å². The SMILES string of the molecule is Cc1sc2c(C3CCCN(C(=O)c4ccn[nH]4)C3)nc(Nc3ccccc3F)n2c1C. The van der Waals surface area contributed by atoms with Crippen molar-refractivity contribution in [3.05, 3.63) is 64.3 Å². The maximum absolute atomic E-state index is 14.3. The number of halogens is 1. The summed E-state index contributed by atoms with van der Waals surface area (Å²) in [6.45, 7) is 5.44. The Morgan fingerprint density at radius 2 is 2.13 bits per heavy atom. The van der Waals surface area contributed by atoms with Crippen molar-refractivity contribution in [2.24, 2.45) is 0 Å². The van der Waals surface area contributed by atoms with E-state index in [0.29, 0.717) is 30.4 Å². The molecule has 2 N–H and O–H groups in total. The lowest BCUT2D eigenvalue weighted by molar-refractivity contribution is 0.0700. The number of thiazole rings is 1. The largest absolute Gasteiger partial charge is 0.337 e. The minimum Gasteiger partial charge on any atom is -0.337 e. The number of aromatic amines is 1. The maximum Gasteiger partial charge on any atom is 0.271 e. The highest BCUT2D eigenvalue weighted by molar-refractivity contribution is 7.17. The lowest BCUT2D eigenvalue weighted by atomic mass is 9.95. The van der Waals surface area contributed by atoms with Crippen molar-refractivity contribution in [1.82, 2.24) is 24.5 Å². The van der Waals surface area contributed by atoms with Gasteiger partial charge in [-0.25, -0.2) is 9.37 Å². The molecule has 4 heterocycles. The topological polar surface area (TPSA) is 78.3 Å². The lowest BCUT2D eigenvalue weighted by Gasteiger charge is -2.31. The van der Waals surface area contributed by atoms with Crippen LogP contribution in [0.25, 0.3) is 4.83 Å².